The SMILES string of the molecule is CCC(NC(C)CCCC(F)(F)F)c1ccccc1OC. The van der Waals surface area contributed by atoms with E-state index in [2.05, 4.69) is 5.32 Å². The normalized spacial score (nSPS) is 14.8. The monoisotopic (exact) mass is 303 g/mol. The van der Waals surface area contributed by atoms with Crippen molar-refractivity contribution < 1.29 is 17.9 Å². The highest BCUT2D eigenvalue weighted by Crippen LogP contribution is 2.28. The molecule has 21 heavy (non-hydrogen) atoms. The van der Waals surface area contributed by atoms with Crippen molar-refractivity contribution in [2.75, 3.05) is 7.11 Å². The molecule has 0 bridgehead atoms. The van der Waals surface area contributed by atoms with E-state index in [0.29, 0.717) is 6.42 Å². The molecule has 5 heteroatoms. The van der Waals surface area contributed by atoms with Gasteiger partial charge in [0, 0.05) is 24.1 Å². The van der Waals surface area contributed by atoms with Gasteiger partial charge in [0.15, 0.2) is 0 Å². The van der Waals surface area contributed by atoms with Gasteiger partial charge in [-0.2, -0.15) is 13.2 Å². The van der Waals surface area contributed by atoms with Gasteiger partial charge in [-0.25, -0.2) is 0 Å². The first-order chi connectivity index (χ1) is 9.87. The van der Waals surface area contributed by atoms with Crippen molar-refractivity contribution in [1.82, 2.24) is 5.32 Å². The Balaban J connectivity index is 2.57. The zero-order chi connectivity index (χ0) is 15.9. The minimum atomic E-state index is -4.06. The molecule has 1 rings (SSSR count). The Bertz CT molecular complexity index is 420. The number of hydrogen-bond acceptors (Lipinski definition) is 2. The molecular weight excluding hydrogens is 279 g/mol. The van der Waals surface area contributed by atoms with Crippen molar-refractivity contribution >= 4 is 0 Å². The number of para-hydroxylation sites is 1. The van der Waals surface area contributed by atoms with Crippen LogP contribution in [0, 0.1) is 0 Å². The molecule has 0 fully saturated rings. The summed E-state index contributed by atoms with van der Waals surface area (Å²) in [6.45, 7) is 3.97. The molecule has 120 valence electrons. The predicted octanol–water partition coefficient (Wildman–Crippen LogP) is 4.86. The number of methoxy groups -OCH3 is 1. The summed E-state index contributed by atoms with van der Waals surface area (Å²) >= 11 is 0. The molecule has 1 N–H and O–H groups in total. The summed E-state index contributed by atoms with van der Waals surface area (Å²) in [7, 11) is 1.62. The van der Waals surface area contributed by atoms with Gasteiger partial charge in [-0.3, -0.25) is 0 Å². The Morgan fingerprint density at radius 1 is 1.24 bits per heavy atom. The minimum Gasteiger partial charge on any atom is -0.496 e. The maximum Gasteiger partial charge on any atom is 0.389 e. The molecule has 0 aliphatic rings. The van der Waals surface area contributed by atoms with E-state index >= 15 is 0 Å². The van der Waals surface area contributed by atoms with Crippen LogP contribution in [-0.2, 0) is 0 Å². The third kappa shape index (κ3) is 6.38. The average molecular weight is 303 g/mol. The molecule has 1 aromatic rings. The first-order valence-electron chi connectivity index (χ1n) is 7.33. The molecular formula is C16H24F3NO. The van der Waals surface area contributed by atoms with Crippen LogP contribution in [0.2, 0.25) is 0 Å². The summed E-state index contributed by atoms with van der Waals surface area (Å²) in [6, 6.07) is 7.85. The van der Waals surface area contributed by atoms with Crippen LogP contribution in [0.25, 0.3) is 0 Å². The highest BCUT2D eigenvalue weighted by atomic mass is 19.4. The summed E-state index contributed by atoms with van der Waals surface area (Å²) < 4.78 is 41.8. The van der Waals surface area contributed by atoms with E-state index in [1.54, 1.807) is 7.11 Å². The number of benzene rings is 1. The fourth-order valence-electron chi connectivity index (χ4n) is 2.42. The number of ether oxygens (including phenoxy) is 1. The Labute approximate surface area is 124 Å². The third-order valence-electron chi connectivity index (χ3n) is 3.51. The molecule has 0 radical (unpaired) electrons. The molecule has 0 aliphatic carbocycles. The highest BCUT2D eigenvalue weighted by Gasteiger charge is 2.26. The molecule has 0 amide bonds. The first-order valence-corrected chi connectivity index (χ1v) is 7.33. The van der Waals surface area contributed by atoms with Crippen molar-refractivity contribution in [3.05, 3.63) is 29.8 Å². The number of alkyl halides is 3. The van der Waals surface area contributed by atoms with Gasteiger partial charge >= 0.3 is 6.18 Å². The first kappa shape index (κ1) is 17.8. The molecule has 2 nitrogen and oxygen atoms in total. The zero-order valence-corrected chi connectivity index (χ0v) is 12.8. The van der Waals surface area contributed by atoms with Crippen molar-refractivity contribution in [2.45, 2.75) is 57.8 Å². The van der Waals surface area contributed by atoms with Crippen LogP contribution in [0.5, 0.6) is 5.75 Å². The molecule has 0 aliphatic heterocycles. The average Bonchev–Trinajstić information content (AvgIpc) is 2.43. The maximum absolute atomic E-state index is 12.2. The summed E-state index contributed by atoms with van der Waals surface area (Å²) in [4.78, 5) is 0. The van der Waals surface area contributed by atoms with E-state index in [0.717, 1.165) is 17.7 Å². The predicted molar refractivity (Wildman–Crippen MR) is 78.5 cm³/mol. The second-order valence-electron chi connectivity index (χ2n) is 5.28. The zero-order valence-electron chi connectivity index (χ0n) is 12.8. The van der Waals surface area contributed by atoms with Gasteiger partial charge in [-0.1, -0.05) is 25.1 Å². The van der Waals surface area contributed by atoms with Crippen molar-refractivity contribution in [3.8, 4) is 5.75 Å². The Morgan fingerprint density at radius 2 is 1.90 bits per heavy atom. The summed E-state index contributed by atoms with van der Waals surface area (Å²) in [5, 5.41) is 3.40. The molecule has 1 aromatic carbocycles. The maximum atomic E-state index is 12.2. The number of hydrogen-bond donors (Lipinski definition) is 1. The van der Waals surface area contributed by atoms with Crippen LogP contribution in [0.15, 0.2) is 24.3 Å². The fourth-order valence-corrected chi connectivity index (χ4v) is 2.42. The smallest absolute Gasteiger partial charge is 0.389 e. The van der Waals surface area contributed by atoms with Crippen LogP contribution in [-0.4, -0.2) is 19.3 Å². The Hall–Kier alpha value is -1.23. The standard InChI is InChI=1S/C16H24F3NO/c1-4-14(13-9-5-6-10-15(13)21-3)20-12(2)8-7-11-16(17,18)19/h5-6,9-10,12,14,20H,4,7-8,11H2,1-3H3. The number of rotatable bonds is 8. The van der Waals surface area contributed by atoms with Crippen molar-refractivity contribution in [3.63, 3.8) is 0 Å². The van der Waals surface area contributed by atoms with E-state index < -0.39 is 12.6 Å². The van der Waals surface area contributed by atoms with Gasteiger partial charge in [0.05, 0.1) is 7.11 Å². The second-order valence-corrected chi connectivity index (χ2v) is 5.28. The Kier molecular flexibility index (Phi) is 7.02. The second kappa shape index (κ2) is 8.27. The van der Waals surface area contributed by atoms with Gasteiger partial charge < -0.3 is 10.1 Å². The molecule has 0 heterocycles. The van der Waals surface area contributed by atoms with Crippen LogP contribution >= 0.6 is 0 Å². The minimum absolute atomic E-state index is 0.0298. The highest BCUT2D eigenvalue weighted by molar-refractivity contribution is 5.35. The fraction of sp³-hybridized carbons (Fsp3) is 0.625. The lowest BCUT2D eigenvalue weighted by molar-refractivity contribution is -0.135. The van der Waals surface area contributed by atoms with E-state index in [1.165, 1.54) is 0 Å². The quantitative estimate of drug-likeness (QED) is 0.740. The summed E-state index contributed by atoms with van der Waals surface area (Å²) in [5.41, 5.74) is 1.05. The lowest BCUT2D eigenvalue weighted by atomic mass is 10.0. The largest absolute Gasteiger partial charge is 0.496 e. The number of nitrogens with one attached hydrogen (secondary N) is 1. The molecule has 0 spiro atoms. The lowest BCUT2D eigenvalue weighted by Gasteiger charge is -2.24. The van der Waals surface area contributed by atoms with E-state index in [4.69, 9.17) is 4.74 Å². The van der Waals surface area contributed by atoms with Crippen molar-refractivity contribution in [1.29, 1.82) is 0 Å². The third-order valence-corrected chi connectivity index (χ3v) is 3.51. The molecule has 0 aromatic heterocycles. The van der Waals surface area contributed by atoms with E-state index in [-0.39, 0.29) is 18.5 Å². The van der Waals surface area contributed by atoms with Gasteiger partial charge in [-0.15, -0.1) is 0 Å². The molecule has 0 saturated carbocycles. The molecule has 2 atom stereocenters. The van der Waals surface area contributed by atoms with Crippen LogP contribution in [0.4, 0.5) is 13.2 Å². The van der Waals surface area contributed by atoms with Crippen LogP contribution < -0.4 is 10.1 Å². The topological polar surface area (TPSA) is 21.3 Å². The number of halogens is 3. The summed E-state index contributed by atoms with van der Waals surface area (Å²) in [5.74, 6) is 0.805. The van der Waals surface area contributed by atoms with Gasteiger partial charge in [-0.05, 0) is 32.3 Å². The van der Waals surface area contributed by atoms with Crippen LogP contribution in [0.1, 0.15) is 51.1 Å². The van der Waals surface area contributed by atoms with E-state index in [1.807, 2.05) is 38.1 Å². The molecule has 0 saturated heterocycles. The lowest BCUT2D eigenvalue weighted by Crippen LogP contribution is -2.30. The van der Waals surface area contributed by atoms with Gasteiger partial charge in [0.1, 0.15) is 5.75 Å². The Morgan fingerprint density at radius 3 is 2.48 bits per heavy atom. The van der Waals surface area contributed by atoms with E-state index in [9.17, 15) is 13.2 Å². The van der Waals surface area contributed by atoms with Gasteiger partial charge in [0.25, 0.3) is 0 Å². The summed E-state index contributed by atoms with van der Waals surface area (Å²) in [6.07, 6.45) is -3.27. The molecule has 2 unspecified atom stereocenters. The van der Waals surface area contributed by atoms with Crippen LogP contribution in [0.3, 0.4) is 0 Å². The van der Waals surface area contributed by atoms with Gasteiger partial charge in [0.2, 0.25) is 0 Å². The van der Waals surface area contributed by atoms with Crippen molar-refractivity contribution in [2.24, 2.45) is 0 Å².